The number of methoxy groups -OCH3 is 1. The van der Waals surface area contributed by atoms with Gasteiger partial charge in [0.25, 0.3) is 0 Å². The third-order valence-electron chi connectivity index (χ3n) is 5.02. The third-order valence-corrected chi connectivity index (χ3v) is 5.26. The Morgan fingerprint density at radius 3 is 2.55 bits per heavy atom. The number of fused-ring (bicyclic) bond motifs is 1. The summed E-state index contributed by atoms with van der Waals surface area (Å²) in [6.07, 6.45) is 0. The zero-order chi connectivity index (χ0) is 23.4. The van der Waals surface area contributed by atoms with E-state index < -0.39 is 11.9 Å². The van der Waals surface area contributed by atoms with Crippen LogP contribution in [0.4, 0.5) is 0 Å². The van der Waals surface area contributed by atoms with E-state index >= 15 is 0 Å². The second-order valence-electron chi connectivity index (χ2n) is 7.12. The summed E-state index contributed by atoms with van der Waals surface area (Å²) in [5, 5.41) is 10.2. The van der Waals surface area contributed by atoms with Crippen LogP contribution < -0.4 is 24.7 Å². The number of nitrogens with two attached hydrogens (primary N) is 1. The summed E-state index contributed by atoms with van der Waals surface area (Å²) in [4.78, 5) is 12.2. The van der Waals surface area contributed by atoms with Crippen molar-refractivity contribution in [2.45, 2.75) is 5.92 Å². The molecule has 0 saturated heterocycles. The van der Waals surface area contributed by atoms with E-state index in [0.29, 0.717) is 27.8 Å². The number of nitriles is 1. The number of carbonyl (C=O) groups excluding carboxylic acids is 1. The summed E-state index contributed by atoms with van der Waals surface area (Å²) in [6, 6.07) is 21.1. The predicted octanol–water partition coefficient (Wildman–Crippen LogP) is 4.55. The van der Waals surface area contributed by atoms with Crippen LogP contribution in [0.3, 0.4) is 0 Å². The molecule has 0 saturated carbocycles. The maximum Gasteiger partial charge on any atom is 0.349 e. The molecule has 1 aliphatic rings. The van der Waals surface area contributed by atoms with Crippen molar-refractivity contribution in [1.29, 1.82) is 5.26 Å². The third kappa shape index (κ3) is 4.86. The number of hydrogen-bond acceptors (Lipinski definition) is 7. The molecule has 7 nitrogen and oxygen atoms in total. The summed E-state index contributed by atoms with van der Waals surface area (Å²) in [5.74, 6) is 0.780. The van der Waals surface area contributed by atoms with E-state index in [1.807, 2.05) is 24.3 Å². The molecule has 0 amide bonds. The number of rotatable bonds is 6. The minimum Gasteiger partial charge on any atom is -0.497 e. The number of ether oxygens (including phenoxy) is 4. The van der Waals surface area contributed by atoms with Gasteiger partial charge in [0.05, 0.1) is 13.0 Å². The van der Waals surface area contributed by atoms with Crippen LogP contribution >= 0.6 is 11.6 Å². The van der Waals surface area contributed by atoms with Crippen molar-refractivity contribution in [2.24, 2.45) is 5.73 Å². The van der Waals surface area contributed by atoms with Crippen LogP contribution in [-0.4, -0.2) is 19.7 Å². The van der Waals surface area contributed by atoms with Crippen molar-refractivity contribution in [3.8, 4) is 29.1 Å². The first kappa shape index (κ1) is 22.1. The molecule has 3 aromatic carbocycles. The van der Waals surface area contributed by atoms with Gasteiger partial charge in [-0.05, 0) is 42.0 Å². The van der Waals surface area contributed by atoms with Crippen molar-refractivity contribution in [1.82, 2.24) is 0 Å². The fourth-order valence-corrected chi connectivity index (χ4v) is 3.68. The molecule has 2 N–H and O–H groups in total. The fourth-order valence-electron chi connectivity index (χ4n) is 3.50. The van der Waals surface area contributed by atoms with E-state index in [9.17, 15) is 10.1 Å². The first-order chi connectivity index (χ1) is 16.0. The van der Waals surface area contributed by atoms with Crippen molar-refractivity contribution in [2.75, 3.05) is 13.7 Å². The Morgan fingerprint density at radius 1 is 1.09 bits per heavy atom. The number of esters is 1. The van der Waals surface area contributed by atoms with Gasteiger partial charge in [-0.25, -0.2) is 4.79 Å². The van der Waals surface area contributed by atoms with E-state index in [4.69, 9.17) is 36.3 Å². The van der Waals surface area contributed by atoms with Gasteiger partial charge in [0.15, 0.2) is 6.61 Å². The number of allylic oxidation sites excluding steroid dienone is 1. The van der Waals surface area contributed by atoms with Gasteiger partial charge in [-0.3, -0.25) is 0 Å². The van der Waals surface area contributed by atoms with Crippen LogP contribution in [0.2, 0.25) is 5.02 Å². The van der Waals surface area contributed by atoms with E-state index in [-0.39, 0.29) is 18.2 Å². The zero-order valence-electron chi connectivity index (χ0n) is 17.6. The highest BCUT2D eigenvalue weighted by Crippen LogP contribution is 2.43. The van der Waals surface area contributed by atoms with Gasteiger partial charge in [0, 0.05) is 16.7 Å². The lowest BCUT2D eigenvalue weighted by Crippen LogP contribution is -2.21. The molecule has 0 spiro atoms. The monoisotopic (exact) mass is 462 g/mol. The Kier molecular flexibility index (Phi) is 6.38. The Hall–Kier alpha value is -4.15. The summed E-state index contributed by atoms with van der Waals surface area (Å²) in [7, 11) is 1.58. The molecule has 8 heteroatoms. The van der Waals surface area contributed by atoms with Crippen LogP contribution in [-0.2, 0) is 4.79 Å². The van der Waals surface area contributed by atoms with Gasteiger partial charge >= 0.3 is 5.97 Å². The molecule has 166 valence electrons. The molecule has 1 atom stereocenters. The maximum absolute atomic E-state index is 12.2. The van der Waals surface area contributed by atoms with Crippen LogP contribution in [0.25, 0.3) is 0 Å². The number of benzene rings is 3. The predicted molar refractivity (Wildman–Crippen MR) is 121 cm³/mol. The molecule has 4 rings (SSSR count). The quantitative estimate of drug-likeness (QED) is 0.423. The zero-order valence-corrected chi connectivity index (χ0v) is 18.3. The molecule has 33 heavy (non-hydrogen) atoms. The standard InChI is InChI=1S/C25H19ClN2O5/c1-30-17-7-5-15(6-8-17)24-20-10-9-19(12-22(20)33-25(28)21(24)13-27)32-23(29)14-31-18-4-2-3-16(26)11-18/h2-12,24H,14,28H2,1H3. The molecule has 0 aliphatic carbocycles. The Bertz CT molecular complexity index is 1260. The van der Waals surface area contributed by atoms with Gasteiger partial charge in [0.1, 0.15) is 34.6 Å². The number of halogens is 1. The van der Waals surface area contributed by atoms with Crippen LogP contribution in [0, 0.1) is 11.3 Å². The largest absolute Gasteiger partial charge is 0.497 e. The molecular weight excluding hydrogens is 444 g/mol. The first-order valence-electron chi connectivity index (χ1n) is 9.93. The molecule has 1 heterocycles. The normalized spacial score (nSPS) is 14.5. The van der Waals surface area contributed by atoms with E-state index in [0.717, 1.165) is 11.1 Å². The molecule has 0 bridgehead atoms. The molecule has 0 aromatic heterocycles. The van der Waals surface area contributed by atoms with Crippen molar-refractivity contribution in [3.05, 3.63) is 94.3 Å². The Morgan fingerprint density at radius 2 is 1.85 bits per heavy atom. The summed E-state index contributed by atoms with van der Waals surface area (Å²) >= 11 is 5.91. The summed E-state index contributed by atoms with van der Waals surface area (Å²) < 4.78 is 21.7. The van der Waals surface area contributed by atoms with E-state index in [1.54, 1.807) is 49.6 Å². The van der Waals surface area contributed by atoms with Gasteiger partial charge in [-0.1, -0.05) is 35.9 Å². The molecule has 3 aromatic rings. The van der Waals surface area contributed by atoms with Crippen molar-refractivity contribution >= 4 is 17.6 Å². The number of carbonyl (C=O) groups is 1. The molecule has 1 aliphatic heterocycles. The minimum absolute atomic E-state index is 0.00131. The highest BCUT2D eigenvalue weighted by atomic mass is 35.5. The second-order valence-corrected chi connectivity index (χ2v) is 7.55. The van der Waals surface area contributed by atoms with Gasteiger partial charge in [-0.2, -0.15) is 5.26 Å². The molecule has 0 radical (unpaired) electrons. The SMILES string of the molecule is COc1ccc(C2C(C#N)=C(N)Oc3cc(OC(=O)COc4cccc(Cl)c4)ccc32)cc1. The highest BCUT2D eigenvalue weighted by molar-refractivity contribution is 6.30. The topological polar surface area (TPSA) is 104 Å². The number of nitrogens with zero attached hydrogens (tertiary/aromatic N) is 1. The average Bonchev–Trinajstić information content (AvgIpc) is 2.82. The lowest BCUT2D eigenvalue weighted by Gasteiger charge is -2.26. The van der Waals surface area contributed by atoms with Crippen LogP contribution in [0.5, 0.6) is 23.0 Å². The summed E-state index contributed by atoms with van der Waals surface area (Å²) in [6.45, 7) is -0.298. The van der Waals surface area contributed by atoms with E-state index in [2.05, 4.69) is 6.07 Å². The second kappa shape index (κ2) is 9.55. The Labute approximate surface area is 195 Å². The average molecular weight is 463 g/mol. The Balaban J connectivity index is 1.54. The highest BCUT2D eigenvalue weighted by Gasteiger charge is 2.31. The molecule has 0 fully saturated rings. The first-order valence-corrected chi connectivity index (χ1v) is 10.3. The van der Waals surface area contributed by atoms with Gasteiger partial charge in [0.2, 0.25) is 5.88 Å². The summed E-state index contributed by atoms with van der Waals surface area (Å²) in [5.41, 5.74) is 7.90. The van der Waals surface area contributed by atoms with Gasteiger partial charge < -0.3 is 24.7 Å². The van der Waals surface area contributed by atoms with E-state index in [1.165, 1.54) is 0 Å². The van der Waals surface area contributed by atoms with Crippen LogP contribution in [0.1, 0.15) is 17.0 Å². The molecular formula is C25H19ClN2O5. The van der Waals surface area contributed by atoms with Crippen LogP contribution in [0.15, 0.2) is 78.2 Å². The minimum atomic E-state index is -0.598. The number of hydrogen-bond donors (Lipinski definition) is 1. The lowest BCUT2D eigenvalue weighted by atomic mass is 9.83. The maximum atomic E-state index is 12.2. The van der Waals surface area contributed by atoms with Crippen molar-refractivity contribution in [3.63, 3.8) is 0 Å². The lowest BCUT2D eigenvalue weighted by molar-refractivity contribution is -0.136. The van der Waals surface area contributed by atoms with Gasteiger partial charge in [-0.15, -0.1) is 0 Å². The van der Waals surface area contributed by atoms with Crippen molar-refractivity contribution < 1.29 is 23.7 Å². The smallest absolute Gasteiger partial charge is 0.349 e. The fraction of sp³-hybridized carbons (Fsp3) is 0.120. The molecule has 1 unspecified atom stereocenters.